The molecule has 142 valence electrons. The van der Waals surface area contributed by atoms with Gasteiger partial charge in [-0.15, -0.1) is 17.0 Å². The molecule has 1 aromatic rings. The molecule has 0 amide bonds. The fourth-order valence-electron chi connectivity index (χ4n) is 0.453. The van der Waals surface area contributed by atoms with Crippen molar-refractivity contribution in [3.8, 4) is 0 Å². The maximum absolute atomic E-state index is 9.75. The Labute approximate surface area is 182 Å². The van der Waals surface area contributed by atoms with Gasteiger partial charge in [-0.3, -0.25) is 0 Å². The van der Waals surface area contributed by atoms with Crippen LogP contribution in [-0.4, -0.2) is 73.1 Å². The molecule has 0 aliphatic heterocycles. The molecule has 0 aliphatic rings. The third kappa shape index (κ3) is 144. The second kappa shape index (κ2) is 16.9. The summed E-state index contributed by atoms with van der Waals surface area (Å²) in [6, 6.07) is 9.49. The van der Waals surface area contributed by atoms with E-state index in [4.69, 9.17) is 5.73 Å². The quantitative estimate of drug-likeness (QED) is 0.316. The summed E-state index contributed by atoms with van der Waals surface area (Å²) in [6.07, 6.45) is 0. The number of anilines is 1. The van der Waals surface area contributed by atoms with Gasteiger partial charge in [-0.1, -0.05) is 18.2 Å². The number of nitrogens with two attached hydrogens (primary N) is 1. The molecule has 0 atom stereocenters. The Bertz CT molecular complexity index is 325. The Morgan fingerprint density at radius 3 is 0.792 bits per heavy atom. The van der Waals surface area contributed by atoms with E-state index in [2.05, 4.69) is 0 Å². The Hall–Kier alpha value is 0.491. The molecule has 1 aromatic carbocycles. The van der Waals surface area contributed by atoms with E-state index in [1.165, 1.54) is 0 Å². The minimum absolute atomic E-state index is 0. The van der Waals surface area contributed by atoms with Gasteiger partial charge in [0.05, 0.1) is 0 Å². The predicted molar refractivity (Wildman–Crippen MR) is 78.9 cm³/mol. The first-order valence-corrected chi connectivity index (χ1v) is 4.82. The molecule has 0 fully saturated rings. The molecular formula is C6H9B3BrF12KN-3. The van der Waals surface area contributed by atoms with Crippen LogP contribution in [0.25, 0.3) is 0 Å². The van der Waals surface area contributed by atoms with Crippen LogP contribution in [0.1, 0.15) is 0 Å². The van der Waals surface area contributed by atoms with Crippen LogP contribution < -0.4 is 5.73 Å². The molecule has 0 aliphatic carbocycles. The molecule has 0 spiro atoms. The second-order valence-corrected chi connectivity index (χ2v) is 2.90. The number of hydrogen-bond donors (Lipinski definition) is 1. The number of halogens is 13. The van der Waals surface area contributed by atoms with E-state index in [0.717, 1.165) is 5.69 Å². The van der Waals surface area contributed by atoms with Crippen molar-refractivity contribution in [2.45, 2.75) is 0 Å². The molecule has 1 nitrogen and oxygen atoms in total. The van der Waals surface area contributed by atoms with Crippen molar-refractivity contribution in [3.05, 3.63) is 30.3 Å². The van der Waals surface area contributed by atoms with Crippen molar-refractivity contribution >= 4 is 95.8 Å². The van der Waals surface area contributed by atoms with Crippen LogP contribution in [0.15, 0.2) is 30.3 Å². The third-order valence-corrected chi connectivity index (χ3v) is 0.800. The summed E-state index contributed by atoms with van der Waals surface area (Å²) in [5, 5.41) is 0. The molecule has 0 saturated heterocycles. The molecule has 1 rings (SSSR count). The average Bonchev–Trinajstić information content (AvgIpc) is 2.09. The van der Waals surface area contributed by atoms with Crippen LogP contribution in [0.3, 0.4) is 0 Å². The summed E-state index contributed by atoms with van der Waals surface area (Å²) < 4.78 is 117. The van der Waals surface area contributed by atoms with Crippen molar-refractivity contribution in [1.29, 1.82) is 0 Å². The first-order chi connectivity index (χ1) is 9.39. The fraction of sp³-hybridized carbons (Fsp3) is 0. The van der Waals surface area contributed by atoms with Crippen molar-refractivity contribution < 1.29 is 51.8 Å². The van der Waals surface area contributed by atoms with Crippen LogP contribution in [-0.2, 0) is 0 Å². The number of para-hydroxylation sites is 1. The van der Waals surface area contributed by atoms with Crippen molar-refractivity contribution in [3.63, 3.8) is 0 Å². The summed E-state index contributed by atoms with van der Waals surface area (Å²) >= 11 is 0. The minimum atomic E-state index is -6.00. The Balaban J connectivity index is -0.0000000661. The zero-order valence-corrected chi connectivity index (χ0v) is 12.4. The summed E-state index contributed by atoms with van der Waals surface area (Å²) in [5.74, 6) is 0. The van der Waals surface area contributed by atoms with E-state index < -0.39 is 21.8 Å². The van der Waals surface area contributed by atoms with Crippen LogP contribution in [0.2, 0.25) is 0 Å². The number of benzene rings is 1. The fourth-order valence-corrected chi connectivity index (χ4v) is 0.453. The van der Waals surface area contributed by atoms with Gasteiger partial charge < -0.3 is 57.5 Å². The van der Waals surface area contributed by atoms with Crippen molar-refractivity contribution in [1.82, 2.24) is 0 Å². The Kier molecular flexibility index (Phi) is 25.1. The molecular weight excluding hydrogens is 465 g/mol. The van der Waals surface area contributed by atoms with Gasteiger partial charge in [-0.25, -0.2) is 0 Å². The van der Waals surface area contributed by atoms with Gasteiger partial charge >= 0.3 is 73.1 Å². The monoisotopic (exact) mass is 474 g/mol. The van der Waals surface area contributed by atoms with E-state index in [1.54, 1.807) is 0 Å². The van der Waals surface area contributed by atoms with Gasteiger partial charge in [-0.2, -0.15) is 0 Å². The van der Waals surface area contributed by atoms with Crippen LogP contribution in [0.4, 0.5) is 57.5 Å². The molecule has 0 unspecified atom stereocenters. The van der Waals surface area contributed by atoms with E-state index >= 15 is 0 Å². The summed E-state index contributed by atoms with van der Waals surface area (Å²) in [7, 11) is -18.0. The zero-order valence-electron chi connectivity index (χ0n) is 10.6. The first kappa shape index (κ1) is 35.6. The molecule has 0 saturated carbocycles. The summed E-state index contributed by atoms with van der Waals surface area (Å²) in [5.41, 5.74) is 6.18. The van der Waals surface area contributed by atoms with Gasteiger partial charge in [0.25, 0.3) is 0 Å². The van der Waals surface area contributed by atoms with Crippen molar-refractivity contribution in [2.75, 3.05) is 5.73 Å². The molecule has 24 heavy (non-hydrogen) atoms. The van der Waals surface area contributed by atoms with Gasteiger partial charge in [0.2, 0.25) is 0 Å². The van der Waals surface area contributed by atoms with Crippen molar-refractivity contribution in [2.24, 2.45) is 0 Å². The topological polar surface area (TPSA) is 26.0 Å². The van der Waals surface area contributed by atoms with Crippen LogP contribution in [0.5, 0.6) is 0 Å². The number of hydrogen-bond acceptors (Lipinski definition) is 1. The van der Waals surface area contributed by atoms with E-state index in [0.29, 0.717) is 0 Å². The van der Waals surface area contributed by atoms with E-state index in [9.17, 15) is 51.8 Å². The average molecular weight is 475 g/mol. The molecule has 2 N–H and O–H groups in total. The molecule has 18 heteroatoms. The standard InChI is InChI=1S/C6H7N.3BF4.BrH.K.H/c7-6-4-2-1-3-5-6;3*2-1(3,4)5;;;/h1-5H,7H2;;;;1H;;/q;3*-1;;;. The number of nitrogen functional groups attached to an aromatic ring is 1. The van der Waals surface area contributed by atoms with Crippen LogP contribution >= 0.6 is 17.0 Å². The second-order valence-electron chi connectivity index (χ2n) is 2.90. The SMILES string of the molecule is Br.F[B-](F)(F)F.F[B-](F)(F)F.F[B-](F)(F)F.Nc1ccccc1.[KH]. The third-order valence-electron chi connectivity index (χ3n) is 0.800. The predicted octanol–water partition coefficient (Wildman–Crippen LogP) is 5.10. The van der Waals surface area contributed by atoms with E-state index in [1.807, 2.05) is 30.3 Å². The van der Waals surface area contributed by atoms with Gasteiger partial charge in [0.1, 0.15) is 0 Å². The normalized spacial score (nSPS) is 10.0. The molecule has 0 aromatic heterocycles. The van der Waals surface area contributed by atoms with Gasteiger partial charge in [-0.05, 0) is 12.1 Å². The first-order valence-electron chi connectivity index (χ1n) is 4.82. The summed E-state index contributed by atoms with van der Waals surface area (Å²) in [4.78, 5) is 0. The summed E-state index contributed by atoms with van der Waals surface area (Å²) in [6.45, 7) is 0. The molecule has 0 radical (unpaired) electrons. The maximum atomic E-state index is 9.75. The number of rotatable bonds is 0. The Morgan fingerprint density at radius 1 is 0.542 bits per heavy atom. The molecule has 0 heterocycles. The van der Waals surface area contributed by atoms with Gasteiger partial charge in [0.15, 0.2) is 0 Å². The molecule has 0 bridgehead atoms. The Morgan fingerprint density at radius 2 is 0.708 bits per heavy atom. The van der Waals surface area contributed by atoms with Crippen LogP contribution in [0, 0.1) is 0 Å². The zero-order chi connectivity index (χ0) is 18.6. The van der Waals surface area contributed by atoms with Gasteiger partial charge in [0, 0.05) is 5.69 Å². The van der Waals surface area contributed by atoms with E-state index in [-0.39, 0.29) is 68.4 Å².